The normalized spacial score (nSPS) is 13.5. The molecule has 1 atom stereocenters. The Labute approximate surface area is 110 Å². The monoisotopic (exact) mass is 284 g/mol. The van der Waals surface area contributed by atoms with Crippen LogP contribution in [0.5, 0.6) is 0 Å². The van der Waals surface area contributed by atoms with E-state index in [1.54, 1.807) is 6.07 Å². The summed E-state index contributed by atoms with van der Waals surface area (Å²) in [6.07, 6.45) is 2.51. The second-order valence-electron chi connectivity index (χ2n) is 4.24. The van der Waals surface area contributed by atoms with Gasteiger partial charge >= 0.3 is 0 Å². The van der Waals surface area contributed by atoms with Crippen LogP contribution in [0.3, 0.4) is 0 Å². The lowest BCUT2D eigenvalue weighted by atomic mass is 10.1. The molecule has 2 aromatic rings. The summed E-state index contributed by atoms with van der Waals surface area (Å²) in [6.45, 7) is 1.43. The average Bonchev–Trinajstić information content (AvgIpc) is 2.76. The lowest BCUT2D eigenvalue weighted by Gasteiger charge is -2.12. The van der Waals surface area contributed by atoms with Crippen LogP contribution in [-0.4, -0.2) is 29.6 Å². The predicted molar refractivity (Wildman–Crippen MR) is 67.3 cm³/mol. The fraction of sp³-hybridized carbons (Fsp3) is 0.250. The zero-order valence-electron chi connectivity index (χ0n) is 10.4. The van der Waals surface area contributed by atoms with Crippen molar-refractivity contribution in [3.8, 4) is 5.69 Å². The van der Waals surface area contributed by atoms with E-state index in [0.717, 1.165) is 6.26 Å². The second-order valence-corrected chi connectivity index (χ2v) is 6.26. The van der Waals surface area contributed by atoms with Gasteiger partial charge in [-0.3, -0.25) is 0 Å². The largest absolute Gasteiger partial charge is 0.389 e. The molecule has 0 radical (unpaired) electrons. The van der Waals surface area contributed by atoms with Crippen LogP contribution in [-0.2, 0) is 9.84 Å². The van der Waals surface area contributed by atoms with Gasteiger partial charge in [-0.2, -0.15) is 5.10 Å². The van der Waals surface area contributed by atoms with Crippen LogP contribution < -0.4 is 0 Å². The minimum Gasteiger partial charge on any atom is -0.389 e. The molecule has 0 aliphatic carbocycles. The van der Waals surface area contributed by atoms with Crippen LogP contribution in [0.4, 0.5) is 4.39 Å². The van der Waals surface area contributed by atoms with E-state index in [4.69, 9.17) is 0 Å². The first-order valence-electron chi connectivity index (χ1n) is 5.52. The summed E-state index contributed by atoms with van der Waals surface area (Å²) in [5, 5.41) is 13.5. The Hall–Kier alpha value is -1.73. The fourth-order valence-corrected chi connectivity index (χ4v) is 2.30. The third-order valence-electron chi connectivity index (χ3n) is 2.68. The molecule has 5 nitrogen and oxygen atoms in total. The van der Waals surface area contributed by atoms with Gasteiger partial charge in [0.15, 0.2) is 9.84 Å². The highest BCUT2D eigenvalue weighted by molar-refractivity contribution is 7.90. The molecule has 0 spiro atoms. The Morgan fingerprint density at radius 3 is 2.63 bits per heavy atom. The Balaban J connectivity index is 2.60. The van der Waals surface area contributed by atoms with Gasteiger partial charge in [0.1, 0.15) is 10.7 Å². The Bertz CT molecular complexity index is 708. The highest BCUT2D eigenvalue weighted by atomic mass is 32.2. The van der Waals surface area contributed by atoms with Crippen LogP contribution in [0.15, 0.2) is 35.5 Å². The quantitative estimate of drug-likeness (QED) is 0.926. The summed E-state index contributed by atoms with van der Waals surface area (Å²) in [6, 6.07) is 4.26. The number of aromatic nitrogens is 2. The number of rotatable bonds is 3. The smallest absolute Gasteiger partial charge is 0.178 e. The molecule has 0 aliphatic rings. The summed E-state index contributed by atoms with van der Waals surface area (Å²) in [4.78, 5) is 0.0355. The Morgan fingerprint density at radius 1 is 1.42 bits per heavy atom. The van der Waals surface area contributed by atoms with Crippen LogP contribution in [0.2, 0.25) is 0 Å². The zero-order chi connectivity index (χ0) is 14.2. The molecule has 19 heavy (non-hydrogen) atoms. The van der Waals surface area contributed by atoms with Crippen molar-refractivity contribution in [1.29, 1.82) is 0 Å². The van der Waals surface area contributed by atoms with E-state index in [2.05, 4.69) is 5.10 Å². The van der Waals surface area contributed by atoms with Crippen molar-refractivity contribution < 1.29 is 17.9 Å². The zero-order valence-corrected chi connectivity index (χ0v) is 11.2. The number of aliphatic hydroxyl groups excluding tert-OH is 1. The Morgan fingerprint density at radius 2 is 2.11 bits per heavy atom. The van der Waals surface area contributed by atoms with Crippen molar-refractivity contribution in [3.63, 3.8) is 0 Å². The molecule has 102 valence electrons. The first kappa shape index (κ1) is 13.7. The number of aliphatic hydroxyl groups is 1. The second kappa shape index (κ2) is 4.75. The molecule has 0 saturated heterocycles. The number of sulfone groups is 1. The van der Waals surface area contributed by atoms with Crippen molar-refractivity contribution in [2.24, 2.45) is 0 Å². The standard InChI is InChI=1S/C12H13FN2O3S/c1-8(16)12-10(13)4-3-5-11(12)15-7-9(6-14-15)19(2,17)18/h3-8,16H,1-2H3/t8-/m1/s1. The summed E-state index contributed by atoms with van der Waals surface area (Å²) < 4.78 is 37.7. The van der Waals surface area contributed by atoms with Gasteiger partial charge in [0.2, 0.25) is 0 Å². The van der Waals surface area contributed by atoms with Gasteiger partial charge in [-0.05, 0) is 19.1 Å². The van der Waals surface area contributed by atoms with Crippen molar-refractivity contribution in [3.05, 3.63) is 42.0 Å². The van der Waals surface area contributed by atoms with E-state index in [1.807, 2.05) is 0 Å². The minimum atomic E-state index is -3.37. The number of hydrogen-bond acceptors (Lipinski definition) is 4. The maximum atomic E-state index is 13.7. The highest BCUT2D eigenvalue weighted by Gasteiger charge is 2.17. The number of halogens is 1. The lowest BCUT2D eigenvalue weighted by Crippen LogP contribution is -2.05. The maximum absolute atomic E-state index is 13.7. The molecule has 7 heteroatoms. The molecule has 1 heterocycles. The van der Waals surface area contributed by atoms with Gasteiger partial charge in [0, 0.05) is 18.0 Å². The van der Waals surface area contributed by atoms with Gasteiger partial charge in [-0.25, -0.2) is 17.5 Å². The molecule has 1 aromatic heterocycles. The van der Waals surface area contributed by atoms with Crippen LogP contribution in [0.1, 0.15) is 18.6 Å². The predicted octanol–water partition coefficient (Wildman–Crippen LogP) is 1.47. The molecule has 1 aromatic carbocycles. The SMILES string of the molecule is C[C@@H](O)c1c(F)cccc1-n1cc(S(C)(=O)=O)cn1. The molecule has 2 rings (SSSR count). The molecule has 0 amide bonds. The maximum Gasteiger partial charge on any atom is 0.178 e. The summed E-state index contributed by atoms with van der Waals surface area (Å²) in [5.41, 5.74) is 0.385. The first-order valence-corrected chi connectivity index (χ1v) is 7.41. The average molecular weight is 284 g/mol. The van der Waals surface area contributed by atoms with E-state index in [9.17, 15) is 17.9 Å². The lowest BCUT2D eigenvalue weighted by molar-refractivity contribution is 0.194. The molecule has 0 saturated carbocycles. The van der Waals surface area contributed by atoms with Crippen molar-refractivity contribution in [2.45, 2.75) is 17.9 Å². The highest BCUT2D eigenvalue weighted by Crippen LogP contribution is 2.24. The molecular weight excluding hydrogens is 271 g/mol. The minimum absolute atomic E-state index is 0.0355. The van der Waals surface area contributed by atoms with Crippen LogP contribution >= 0.6 is 0 Å². The van der Waals surface area contributed by atoms with E-state index in [1.165, 1.54) is 36.1 Å². The molecular formula is C12H13FN2O3S. The molecule has 0 unspecified atom stereocenters. The molecule has 0 aliphatic heterocycles. The summed E-state index contributed by atoms with van der Waals surface area (Å²) in [5.74, 6) is -0.566. The van der Waals surface area contributed by atoms with Gasteiger partial charge in [0.05, 0.1) is 18.0 Å². The first-order chi connectivity index (χ1) is 8.80. The van der Waals surface area contributed by atoms with Crippen molar-refractivity contribution in [2.75, 3.05) is 6.26 Å². The van der Waals surface area contributed by atoms with Gasteiger partial charge in [-0.1, -0.05) is 6.07 Å². The Kier molecular flexibility index (Phi) is 3.42. The van der Waals surface area contributed by atoms with E-state index in [0.29, 0.717) is 5.69 Å². The number of nitrogens with zero attached hydrogens (tertiary/aromatic N) is 2. The molecule has 0 bridgehead atoms. The van der Waals surface area contributed by atoms with Gasteiger partial charge < -0.3 is 5.11 Å². The topological polar surface area (TPSA) is 72.2 Å². The van der Waals surface area contributed by atoms with Crippen LogP contribution in [0.25, 0.3) is 5.69 Å². The van der Waals surface area contributed by atoms with Gasteiger partial charge in [0.25, 0.3) is 0 Å². The third kappa shape index (κ3) is 2.66. The summed E-state index contributed by atoms with van der Waals surface area (Å²) in [7, 11) is -3.37. The third-order valence-corrected chi connectivity index (χ3v) is 3.75. The van der Waals surface area contributed by atoms with Crippen LogP contribution in [0, 0.1) is 5.82 Å². The number of hydrogen-bond donors (Lipinski definition) is 1. The van der Waals surface area contributed by atoms with Crippen molar-refractivity contribution >= 4 is 9.84 Å². The molecule has 0 fully saturated rings. The fourth-order valence-electron chi connectivity index (χ4n) is 1.77. The van der Waals surface area contributed by atoms with E-state index < -0.39 is 21.8 Å². The van der Waals surface area contributed by atoms with Gasteiger partial charge in [-0.15, -0.1) is 0 Å². The van der Waals surface area contributed by atoms with E-state index >= 15 is 0 Å². The number of benzene rings is 1. The summed E-state index contributed by atoms with van der Waals surface area (Å²) >= 11 is 0. The molecule has 1 N–H and O–H groups in total. The van der Waals surface area contributed by atoms with E-state index in [-0.39, 0.29) is 10.5 Å². The van der Waals surface area contributed by atoms with Crippen molar-refractivity contribution in [1.82, 2.24) is 9.78 Å².